The van der Waals surface area contributed by atoms with Crippen LogP contribution in [-0.2, 0) is 21.0 Å². The van der Waals surface area contributed by atoms with E-state index in [9.17, 15) is 24.3 Å². The zero-order valence-electron chi connectivity index (χ0n) is 17.4. The van der Waals surface area contributed by atoms with Gasteiger partial charge in [0.2, 0.25) is 11.8 Å². The zero-order valence-corrected chi connectivity index (χ0v) is 19.8. The maximum absolute atomic E-state index is 13.3. The fourth-order valence-electron chi connectivity index (χ4n) is 4.33. The fourth-order valence-corrected chi connectivity index (χ4v) is 7.04. The summed E-state index contributed by atoms with van der Waals surface area (Å²) in [5.74, 6) is -3.58. The Morgan fingerprint density at radius 3 is 2.62 bits per heavy atom. The number of aromatic nitrogens is 1. The molecule has 1 fully saturated rings. The number of nitrogens with zero attached hydrogens (tertiary/aromatic N) is 1. The lowest BCUT2D eigenvalue weighted by Gasteiger charge is -2.31. The highest BCUT2D eigenvalue weighted by molar-refractivity contribution is 8.00. The SMILES string of the molecule is O=C(O)CN1C(=O)[C@@H]2[C@H](c3cc(Cl)ccc3OCc3ccccc3)c3sc(=O)[nH]c3S[C@@H]2C1=O. The summed E-state index contributed by atoms with van der Waals surface area (Å²) in [6, 6.07) is 14.6. The largest absolute Gasteiger partial charge is 0.489 e. The molecule has 0 spiro atoms. The Bertz CT molecular complexity index is 1350. The first-order valence-corrected chi connectivity index (χ1v) is 12.3. The minimum atomic E-state index is -1.28. The van der Waals surface area contributed by atoms with Gasteiger partial charge in [0.05, 0.1) is 10.9 Å². The summed E-state index contributed by atoms with van der Waals surface area (Å²) in [6.07, 6.45) is 0. The molecule has 2 aliphatic heterocycles. The molecule has 1 saturated heterocycles. The van der Waals surface area contributed by atoms with Crippen LogP contribution >= 0.6 is 34.7 Å². The number of hydrogen-bond acceptors (Lipinski definition) is 7. The van der Waals surface area contributed by atoms with Gasteiger partial charge in [-0.3, -0.25) is 24.1 Å². The minimum Gasteiger partial charge on any atom is -0.489 e. The van der Waals surface area contributed by atoms with Crippen molar-refractivity contribution in [2.24, 2.45) is 5.92 Å². The van der Waals surface area contributed by atoms with Crippen LogP contribution in [0.15, 0.2) is 58.4 Å². The second-order valence-corrected chi connectivity index (χ2v) is 10.5. The summed E-state index contributed by atoms with van der Waals surface area (Å²) in [6.45, 7) is -0.450. The molecule has 174 valence electrons. The lowest BCUT2D eigenvalue weighted by Crippen LogP contribution is -2.36. The average molecular weight is 517 g/mol. The molecule has 0 aliphatic carbocycles. The van der Waals surface area contributed by atoms with Crippen LogP contribution in [0.2, 0.25) is 5.02 Å². The summed E-state index contributed by atoms with van der Waals surface area (Å²) in [5.41, 5.74) is 1.50. The second-order valence-electron chi connectivity index (χ2n) is 7.86. The van der Waals surface area contributed by atoms with Gasteiger partial charge in [-0.2, -0.15) is 0 Å². The third-order valence-electron chi connectivity index (χ3n) is 5.75. The first-order chi connectivity index (χ1) is 16.3. The molecule has 3 heterocycles. The smallest absolute Gasteiger partial charge is 0.323 e. The van der Waals surface area contributed by atoms with E-state index < -0.39 is 41.4 Å². The van der Waals surface area contributed by atoms with Gasteiger partial charge in [0.1, 0.15) is 24.2 Å². The molecule has 11 heteroatoms. The van der Waals surface area contributed by atoms with Crippen LogP contribution in [0.3, 0.4) is 0 Å². The molecule has 0 unspecified atom stereocenters. The number of H-pyrrole nitrogens is 1. The van der Waals surface area contributed by atoms with Crippen LogP contribution in [0.25, 0.3) is 0 Å². The molecule has 0 saturated carbocycles. The number of carbonyl (C=O) groups excluding carboxylic acids is 2. The molecule has 2 amide bonds. The van der Waals surface area contributed by atoms with Crippen LogP contribution in [-0.4, -0.2) is 44.6 Å². The zero-order chi connectivity index (χ0) is 24.0. The van der Waals surface area contributed by atoms with E-state index in [1.54, 1.807) is 18.2 Å². The van der Waals surface area contributed by atoms with Gasteiger partial charge in [-0.15, -0.1) is 0 Å². The standard InChI is InChI=1S/C23H17ClN2O6S2/c24-12-6-7-14(32-10-11-4-2-1-3-5-11)13(8-12)16-17-19(33-20-18(16)34-23(31)25-20)22(30)26(21(17)29)9-15(27)28/h1-8,16-17,19H,9-10H2,(H,25,31)(H,27,28)/t16-,17+,19-/m0/s1. The van der Waals surface area contributed by atoms with Crippen LogP contribution in [0, 0.1) is 5.92 Å². The van der Waals surface area contributed by atoms with Crippen molar-refractivity contribution >= 4 is 52.5 Å². The van der Waals surface area contributed by atoms with Gasteiger partial charge in [0, 0.05) is 21.4 Å². The lowest BCUT2D eigenvalue weighted by atomic mass is 9.82. The molecule has 2 aliphatic rings. The van der Waals surface area contributed by atoms with Crippen molar-refractivity contribution in [3.8, 4) is 5.75 Å². The number of carboxylic acids is 1. The van der Waals surface area contributed by atoms with E-state index in [2.05, 4.69) is 4.98 Å². The van der Waals surface area contributed by atoms with Crippen molar-refractivity contribution in [2.45, 2.75) is 22.8 Å². The summed E-state index contributed by atoms with van der Waals surface area (Å²) in [7, 11) is 0. The second kappa shape index (κ2) is 8.94. The maximum Gasteiger partial charge on any atom is 0.323 e. The number of rotatable bonds is 6. The molecule has 2 aromatic carbocycles. The molecule has 5 rings (SSSR count). The van der Waals surface area contributed by atoms with Crippen LogP contribution in [0.1, 0.15) is 21.9 Å². The highest BCUT2D eigenvalue weighted by atomic mass is 35.5. The van der Waals surface area contributed by atoms with Gasteiger partial charge in [0.15, 0.2) is 0 Å². The number of ether oxygens (including phenoxy) is 1. The van der Waals surface area contributed by atoms with Gasteiger partial charge in [0.25, 0.3) is 0 Å². The number of halogens is 1. The highest BCUT2D eigenvalue weighted by Crippen LogP contribution is 2.54. The number of thiazole rings is 1. The first-order valence-electron chi connectivity index (χ1n) is 10.3. The Hall–Kier alpha value is -3.08. The van der Waals surface area contributed by atoms with Crippen molar-refractivity contribution in [1.82, 2.24) is 9.88 Å². The van der Waals surface area contributed by atoms with E-state index in [0.29, 0.717) is 26.2 Å². The van der Waals surface area contributed by atoms with Gasteiger partial charge in [-0.25, -0.2) is 0 Å². The normalized spacial score (nSPS) is 21.3. The van der Waals surface area contributed by atoms with Crippen molar-refractivity contribution in [3.63, 3.8) is 0 Å². The molecule has 0 radical (unpaired) electrons. The van der Waals surface area contributed by atoms with Gasteiger partial charge in [-0.05, 0) is 23.8 Å². The molecule has 3 aromatic rings. The Morgan fingerprint density at radius 2 is 1.88 bits per heavy atom. The van der Waals surface area contributed by atoms with E-state index in [4.69, 9.17) is 16.3 Å². The molecule has 34 heavy (non-hydrogen) atoms. The van der Waals surface area contributed by atoms with Crippen molar-refractivity contribution in [3.05, 3.63) is 79.2 Å². The first kappa shape index (κ1) is 22.7. The number of likely N-dealkylation sites (tertiary alicyclic amines) is 1. The summed E-state index contributed by atoms with van der Waals surface area (Å²) in [4.78, 5) is 53.7. The molecule has 1 aromatic heterocycles. The number of nitrogens with one attached hydrogen (secondary N) is 1. The van der Waals surface area contributed by atoms with E-state index in [-0.39, 0.29) is 11.5 Å². The quantitative estimate of drug-likeness (QED) is 0.482. The number of carbonyl (C=O) groups is 3. The van der Waals surface area contributed by atoms with Crippen molar-refractivity contribution in [2.75, 3.05) is 6.54 Å². The number of fused-ring (bicyclic) bond motifs is 2. The number of aliphatic carboxylic acids is 1. The Kier molecular flexibility index (Phi) is 5.97. The third kappa shape index (κ3) is 4.02. The predicted octanol–water partition coefficient (Wildman–Crippen LogP) is 3.34. The van der Waals surface area contributed by atoms with E-state index in [0.717, 1.165) is 33.6 Å². The summed E-state index contributed by atoms with van der Waals surface area (Å²) >= 11 is 8.37. The molecule has 3 atom stereocenters. The van der Waals surface area contributed by atoms with E-state index in [1.165, 1.54) is 0 Å². The van der Waals surface area contributed by atoms with Crippen molar-refractivity contribution < 1.29 is 24.2 Å². The number of hydrogen-bond donors (Lipinski definition) is 2. The Morgan fingerprint density at radius 1 is 1.12 bits per heavy atom. The number of thioether (sulfide) groups is 1. The van der Waals surface area contributed by atoms with Crippen LogP contribution < -0.4 is 9.61 Å². The number of imide groups is 1. The Balaban J connectivity index is 1.60. The molecule has 8 nitrogen and oxygen atoms in total. The van der Waals surface area contributed by atoms with Gasteiger partial charge >= 0.3 is 10.8 Å². The van der Waals surface area contributed by atoms with Gasteiger partial charge in [-0.1, -0.05) is 65.0 Å². The van der Waals surface area contributed by atoms with Gasteiger partial charge < -0.3 is 14.8 Å². The summed E-state index contributed by atoms with van der Waals surface area (Å²) in [5, 5.41) is 9.25. The fraction of sp³-hybridized carbons (Fsp3) is 0.217. The maximum atomic E-state index is 13.3. The topological polar surface area (TPSA) is 117 Å². The molecular formula is C23H17ClN2O6S2. The highest BCUT2D eigenvalue weighted by Gasteiger charge is 2.56. The van der Waals surface area contributed by atoms with E-state index in [1.807, 2.05) is 30.3 Å². The third-order valence-corrected chi connectivity index (χ3v) is 8.39. The van der Waals surface area contributed by atoms with Crippen LogP contribution in [0.4, 0.5) is 0 Å². The number of carboxylic acid groups (broad SMARTS) is 1. The lowest BCUT2D eigenvalue weighted by molar-refractivity contribution is -0.149. The summed E-state index contributed by atoms with van der Waals surface area (Å²) < 4.78 is 6.10. The molecule has 2 N–H and O–H groups in total. The Labute approximate surface area is 206 Å². The predicted molar refractivity (Wildman–Crippen MR) is 126 cm³/mol. The number of amides is 2. The minimum absolute atomic E-state index is 0.263. The van der Waals surface area contributed by atoms with Crippen molar-refractivity contribution in [1.29, 1.82) is 0 Å². The average Bonchev–Trinajstić information content (AvgIpc) is 3.29. The number of aromatic amines is 1. The molecule has 0 bridgehead atoms. The van der Waals surface area contributed by atoms with E-state index >= 15 is 0 Å². The number of benzene rings is 2. The van der Waals surface area contributed by atoms with Crippen LogP contribution in [0.5, 0.6) is 5.75 Å². The monoisotopic (exact) mass is 516 g/mol. The molecular weight excluding hydrogens is 500 g/mol.